The van der Waals surface area contributed by atoms with Crippen LogP contribution in [0.15, 0.2) is 17.5 Å². The molecule has 1 aliphatic rings. The molecule has 0 spiro atoms. The van der Waals surface area contributed by atoms with E-state index in [4.69, 9.17) is 0 Å². The Hall–Kier alpha value is -0.830. The van der Waals surface area contributed by atoms with Crippen molar-refractivity contribution < 1.29 is 4.79 Å². The number of amides is 1. The van der Waals surface area contributed by atoms with Crippen molar-refractivity contribution in [2.75, 3.05) is 0 Å². The molecule has 16 heavy (non-hydrogen) atoms. The molecule has 0 unspecified atom stereocenters. The maximum absolute atomic E-state index is 11.6. The number of nitrogens with one attached hydrogen (secondary N) is 1. The minimum atomic E-state index is 0.239. The van der Waals surface area contributed by atoms with Crippen LogP contribution in [0.3, 0.4) is 0 Å². The van der Waals surface area contributed by atoms with E-state index < -0.39 is 0 Å². The number of hydrogen-bond donors (Lipinski definition) is 1. The molecule has 0 saturated heterocycles. The summed E-state index contributed by atoms with van der Waals surface area (Å²) in [6, 6.07) is 4.67. The lowest BCUT2D eigenvalue weighted by Gasteiger charge is -2.11. The van der Waals surface area contributed by atoms with Crippen molar-refractivity contribution in [2.24, 2.45) is 0 Å². The van der Waals surface area contributed by atoms with Crippen molar-refractivity contribution in [3.63, 3.8) is 0 Å². The fourth-order valence-electron chi connectivity index (χ4n) is 2.25. The zero-order valence-electron chi connectivity index (χ0n) is 9.58. The summed E-state index contributed by atoms with van der Waals surface area (Å²) in [5.74, 6) is 0.239. The molecule has 1 aromatic rings. The Morgan fingerprint density at radius 1 is 1.44 bits per heavy atom. The lowest BCUT2D eigenvalue weighted by atomic mass is 10.2. The van der Waals surface area contributed by atoms with Gasteiger partial charge in [0.1, 0.15) is 0 Å². The molecular formula is C13H19NOS. The minimum Gasteiger partial charge on any atom is -0.353 e. The fourth-order valence-corrected chi connectivity index (χ4v) is 3.00. The van der Waals surface area contributed by atoms with E-state index in [2.05, 4.69) is 22.8 Å². The van der Waals surface area contributed by atoms with Crippen LogP contribution in [0.2, 0.25) is 0 Å². The van der Waals surface area contributed by atoms with E-state index in [-0.39, 0.29) is 5.91 Å². The summed E-state index contributed by atoms with van der Waals surface area (Å²) in [5.41, 5.74) is 0. The summed E-state index contributed by atoms with van der Waals surface area (Å²) in [7, 11) is 0. The number of hydrogen-bond acceptors (Lipinski definition) is 2. The predicted molar refractivity (Wildman–Crippen MR) is 67.7 cm³/mol. The van der Waals surface area contributed by atoms with Gasteiger partial charge in [-0.05, 0) is 37.1 Å². The second-order valence-electron chi connectivity index (χ2n) is 4.48. The van der Waals surface area contributed by atoms with Gasteiger partial charge in [-0.2, -0.15) is 0 Å². The largest absolute Gasteiger partial charge is 0.353 e. The van der Waals surface area contributed by atoms with Gasteiger partial charge in [0.05, 0.1) is 0 Å². The van der Waals surface area contributed by atoms with Gasteiger partial charge >= 0.3 is 0 Å². The highest BCUT2D eigenvalue weighted by molar-refractivity contribution is 7.09. The number of aryl methyl sites for hydroxylation is 1. The van der Waals surface area contributed by atoms with Crippen molar-refractivity contribution in [2.45, 2.75) is 51.0 Å². The molecule has 0 bridgehead atoms. The van der Waals surface area contributed by atoms with Crippen LogP contribution in [-0.2, 0) is 11.2 Å². The summed E-state index contributed by atoms with van der Waals surface area (Å²) >= 11 is 1.78. The molecule has 1 aromatic heterocycles. The molecule has 1 fully saturated rings. The van der Waals surface area contributed by atoms with Crippen molar-refractivity contribution >= 4 is 17.2 Å². The van der Waals surface area contributed by atoms with E-state index in [1.807, 2.05) is 0 Å². The molecule has 3 heteroatoms. The summed E-state index contributed by atoms with van der Waals surface area (Å²) in [6.07, 6.45) is 7.59. The molecule has 2 rings (SSSR count). The highest BCUT2D eigenvalue weighted by atomic mass is 32.1. The smallest absolute Gasteiger partial charge is 0.220 e. The van der Waals surface area contributed by atoms with E-state index in [9.17, 15) is 4.79 Å². The predicted octanol–water partition coefficient (Wildman–Crippen LogP) is 3.13. The van der Waals surface area contributed by atoms with Crippen LogP contribution in [0.1, 0.15) is 43.4 Å². The SMILES string of the molecule is O=C(CCCc1cccs1)NC1CCCC1. The summed E-state index contributed by atoms with van der Waals surface area (Å²) in [4.78, 5) is 13.0. The van der Waals surface area contributed by atoms with Gasteiger partial charge < -0.3 is 5.32 Å². The van der Waals surface area contributed by atoms with Gasteiger partial charge in [0.25, 0.3) is 0 Å². The summed E-state index contributed by atoms with van der Waals surface area (Å²) < 4.78 is 0. The van der Waals surface area contributed by atoms with Gasteiger partial charge in [-0.15, -0.1) is 11.3 Å². The van der Waals surface area contributed by atoms with E-state index in [1.165, 1.54) is 30.6 Å². The topological polar surface area (TPSA) is 29.1 Å². The van der Waals surface area contributed by atoms with Crippen molar-refractivity contribution in [1.82, 2.24) is 5.32 Å². The standard InChI is InChI=1S/C13H19NOS/c15-13(14-11-5-1-2-6-11)9-3-7-12-8-4-10-16-12/h4,8,10-11H,1-3,5-7,9H2,(H,14,15). The number of carbonyl (C=O) groups is 1. The molecule has 88 valence electrons. The third-order valence-corrected chi connectivity index (χ3v) is 4.06. The molecule has 2 nitrogen and oxygen atoms in total. The lowest BCUT2D eigenvalue weighted by molar-refractivity contribution is -0.121. The van der Waals surface area contributed by atoms with Gasteiger partial charge in [0.2, 0.25) is 5.91 Å². The van der Waals surface area contributed by atoms with E-state index in [1.54, 1.807) is 11.3 Å². The van der Waals surface area contributed by atoms with Crippen LogP contribution in [-0.4, -0.2) is 11.9 Å². The minimum absolute atomic E-state index is 0.239. The molecule has 0 atom stereocenters. The van der Waals surface area contributed by atoms with Gasteiger partial charge in [-0.3, -0.25) is 4.79 Å². The van der Waals surface area contributed by atoms with E-state index >= 15 is 0 Å². The molecule has 0 aromatic carbocycles. The average Bonchev–Trinajstić information content (AvgIpc) is 2.90. The Morgan fingerprint density at radius 2 is 2.25 bits per heavy atom. The van der Waals surface area contributed by atoms with Gasteiger partial charge in [-0.25, -0.2) is 0 Å². The van der Waals surface area contributed by atoms with Crippen LogP contribution in [0, 0.1) is 0 Å². The van der Waals surface area contributed by atoms with Gasteiger partial charge in [0, 0.05) is 17.3 Å². The summed E-state index contributed by atoms with van der Waals surface area (Å²) in [5, 5.41) is 5.21. The Bertz CT molecular complexity index is 315. The highest BCUT2D eigenvalue weighted by Gasteiger charge is 2.16. The molecule has 1 heterocycles. The van der Waals surface area contributed by atoms with Crippen LogP contribution >= 0.6 is 11.3 Å². The van der Waals surface area contributed by atoms with Crippen molar-refractivity contribution in [3.05, 3.63) is 22.4 Å². The molecule has 1 aliphatic carbocycles. The van der Waals surface area contributed by atoms with Crippen LogP contribution in [0.5, 0.6) is 0 Å². The van der Waals surface area contributed by atoms with Crippen molar-refractivity contribution in [3.8, 4) is 0 Å². The van der Waals surface area contributed by atoms with Crippen LogP contribution in [0.25, 0.3) is 0 Å². The van der Waals surface area contributed by atoms with E-state index in [0.717, 1.165) is 12.8 Å². The van der Waals surface area contributed by atoms with Crippen LogP contribution < -0.4 is 5.32 Å². The normalized spacial score (nSPS) is 16.5. The highest BCUT2D eigenvalue weighted by Crippen LogP contribution is 2.18. The number of carbonyl (C=O) groups excluding carboxylic acids is 1. The molecule has 1 N–H and O–H groups in total. The molecule has 0 aliphatic heterocycles. The average molecular weight is 237 g/mol. The maximum Gasteiger partial charge on any atom is 0.220 e. The molecule has 0 radical (unpaired) electrons. The van der Waals surface area contributed by atoms with Gasteiger partial charge in [0.15, 0.2) is 0 Å². The first-order valence-corrected chi connectivity index (χ1v) is 7.04. The maximum atomic E-state index is 11.6. The Kier molecular flexibility index (Phi) is 4.40. The zero-order chi connectivity index (χ0) is 11.2. The zero-order valence-corrected chi connectivity index (χ0v) is 10.4. The first-order chi connectivity index (χ1) is 7.84. The lowest BCUT2D eigenvalue weighted by Crippen LogP contribution is -2.32. The third kappa shape index (κ3) is 3.63. The Labute approximate surface area is 101 Å². The quantitative estimate of drug-likeness (QED) is 0.837. The van der Waals surface area contributed by atoms with Gasteiger partial charge in [-0.1, -0.05) is 18.9 Å². The van der Waals surface area contributed by atoms with Crippen molar-refractivity contribution in [1.29, 1.82) is 0 Å². The fraction of sp³-hybridized carbons (Fsp3) is 0.615. The molecule has 1 amide bonds. The Morgan fingerprint density at radius 3 is 2.94 bits per heavy atom. The van der Waals surface area contributed by atoms with Crippen LogP contribution in [0.4, 0.5) is 0 Å². The first-order valence-electron chi connectivity index (χ1n) is 6.16. The second kappa shape index (κ2) is 6.04. The molecular weight excluding hydrogens is 218 g/mol. The second-order valence-corrected chi connectivity index (χ2v) is 5.51. The monoisotopic (exact) mass is 237 g/mol. The molecule has 1 saturated carbocycles. The summed E-state index contributed by atoms with van der Waals surface area (Å²) in [6.45, 7) is 0. The number of thiophene rings is 1. The number of rotatable bonds is 5. The third-order valence-electron chi connectivity index (χ3n) is 3.13. The van der Waals surface area contributed by atoms with E-state index in [0.29, 0.717) is 12.5 Å². The Balaban J connectivity index is 1.60. The first kappa shape index (κ1) is 11.6.